The largest absolute Gasteiger partial charge is 0.497 e. The molecule has 9 nitrogen and oxygen atoms in total. The monoisotopic (exact) mass is 601 g/mol. The molecule has 43 heavy (non-hydrogen) atoms. The van der Waals surface area contributed by atoms with Crippen LogP contribution in [0.3, 0.4) is 0 Å². The Morgan fingerprint density at radius 2 is 1.79 bits per heavy atom. The number of aliphatic hydroxyl groups excluding tert-OH is 1. The van der Waals surface area contributed by atoms with Gasteiger partial charge in [-0.2, -0.15) is 18.3 Å². The van der Waals surface area contributed by atoms with Crippen LogP contribution >= 0.6 is 0 Å². The molecular weight excluding hydrogens is 570 g/mol. The molecule has 0 spiro atoms. The van der Waals surface area contributed by atoms with E-state index in [-0.39, 0.29) is 35.6 Å². The quantitative estimate of drug-likeness (QED) is 0.306. The van der Waals surface area contributed by atoms with Gasteiger partial charge < -0.3 is 19.5 Å². The molecular formula is C30H31F4N5O4. The van der Waals surface area contributed by atoms with Crippen LogP contribution in [0.2, 0.25) is 0 Å². The highest BCUT2D eigenvalue weighted by molar-refractivity contribution is 6.00. The lowest BCUT2D eigenvalue weighted by atomic mass is 10.0. The SMILES string of the molecule is COc1ccc(-c2nc3c(C(=O)N4CCN(C(CO)c5cc(F)cc(OC)c5)C[C@H]4C)cnn3c(C(F)(F)F)c2C)cc1. The fourth-order valence-corrected chi connectivity index (χ4v) is 5.64. The van der Waals surface area contributed by atoms with Crippen molar-refractivity contribution in [1.29, 1.82) is 0 Å². The first-order valence-electron chi connectivity index (χ1n) is 13.6. The summed E-state index contributed by atoms with van der Waals surface area (Å²) in [4.78, 5) is 21.8. The molecule has 5 rings (SSSR count). The van der Waals surface area contributed by atoms with Gasteiger partial charge in [0.1, 0.15) is 22.9 Å². The maximum Gasteiger partial charge on any atom is 0.433 e. The third kappa shape index (κ3) is 5.74. The number of aliphatic hydroxyl groups is 1. The average Bonchev–Trinajstić information content (AvgIpc) is 3.39. The molecule has 228 valence electrons. The molecule has 1 aliphatic rings. The first-order valence-corrected chi connectivity index (χ1v) is 13.6. The van der Waals surface area contributed by atoms with Gasteiger partial charge in [0.25, 0.3) is 5.91 Å². The van der Waals surface area contributed by atoms with Crippen molar-refractivity contribution in [3.8, 4) is 22.8 Å². The number of fused-ring (bicyclic) bond motifs is 1. The molecule has 1 N–H and O–H groups in total. The Morgan fingerprint density at radius 1 is 1.09 bits per heavy atom. The number of hydrogen-bond acceptors (Lipinski definition) is 7. The number of carbonyl (C=O) groups excluding carboxylic acids is 1. The average molecular weight is 602 g/mol. The number of hydrogen-bond donors (Lipinski definition) is 1. The van der Waals surface area contributed by atoms with E-state index in [0.717, 1.165) is 6.20 Å². The van der Waals surface area contributed by atoms with Gasteiger partial charge in [0.2, 0.25) is 0 Å². The third-order valence-electron chi connectivity index (χ3n) is 7.79. The Kier molecular flexibility index (Phi) is 8.30. The smallest absolute Gasteiger partial charge is 0.433 e. The molecule has 0 aliphatic carbocycles. The van der Waals surface area contributed by atoms with Crippen molar-refractivity contribution < 1.29 is 36.9 Å². The summed E-state index contributed by atoms with van der Waals surface area (Å²) < 4.78 is 68.2. The van der Waals surface area contributed by atoms with Gasteiger partial charge in [-0.15, -0.1) is 0 Å². The zero-order valence-corrected chi connectivity index (χ0v) is 24.0. The van der Waals surface area contributed by atoms with Gasteiger partial charge in [-0.25, -0.2) is 13.9 Å². The van der Waals surface area contributed by atoms with Gasteiger partial charge in [0.15, 0.2) is 11.3 Å². The van der Waals surface area contributed by atoms with Crippen LogP contribution in [-0.4, -0.2) is 81.9 Å². The van der Waals surface area contributed by atoms with Crippen LogP contribution < -0.4 is 9.47 Å². The minimum absolute atomic E-state index is 0.0610. The molecule has 13 heteroatoms. The Hall–Kier alpha value is -4.23. The van der Waals surface area contributed by atoms with Crippen molar-refractivity contribution in [2.24, 2.45) is 0 Å². The maximum atomic E-state index is 14.3. The maximum absolute atomic E-state index is 14.3. The van der Waals surface area contributed by atoms with E-state index >= 15 is 0 Å². The number of halogens is 4. The predicted octanol–water partition coefficient (Wildman–Crippen LogP) is 4.76. The molecule has 2 aromatic heterocycles. The van der Waals surface area contributed by atoms with E-state index in [0.29, 0.717) is 40.2 Å². The molecule has 3 heterocycles. The number of methoxy groups -OCH3 is 2. The van der Waals surface area contributed by atoms with Gasteiger partial charge in [-0.05, 0) is 55.8 Å². The summed E-state index contributed by atoms with van der Waals surface area (Å²) in [5, 5.41) is 14.1. The summed E-state index contributed by atoms with van der Waals surface area (Å²) in [6.45, 7) is 3.70. The molecule has 1 saturated heterocycles. The van der Waals surface area contributed by atoms with Gasteiger partial charge in [-0.3, -0.25) is 9.69 Å². The number of benzene rings is 2. The number of aromatic nitrogens is 3. The topological polar surface area (TPSA) is 92.4 Å². The summed E-state index contributed by atoms with van der Waals surface area (Å²) in [6.07, 6.45) is -3.65. The zero-order valence-electron chi connectivity index (χ0n) is 24.0. The second-order valence-electron chi connectivity index (χ2n) is 10.4. The van der Waals surface area contributed by atoms with Gasteiger partial charge in [0.05, 0.1) is 38.8 Å². The van der Waals surface area contributed by atoms with E-state index in [9.17, 15) is 27.5 Å². The molecule has 2 atom stereocenters. The first-order chi connectivity index (χ1) is 20.5. The van der Waals surface area contributed by atoms with Crippen LogP contribution in [0, 0.1) is 12.7 Å². The number of piperazine rings is 1. The van der Waals surface area contributed by atoms with E-state index in [2.05, 4.69) is 10.1 Å². The fraction of sp³-hybridized carbons (Fsp3) is 0.367. The normalized spacial score (nSPS) is 16.9. The van der Waals surface area contributed by atoms with Crippen LogP contribution in [0.25, 0.3) is 16.9 Å². The van der Waals surface area contributed by atoms with Crippen LogP contribution in [0.4, 0.5) is 17.6 Å². The molecule has 0 saturated carbocycles. The minimum Gasteiger partial charge on any atom is -0.497 e. The highest BCUT2D eigenvalue weighted by Gasteiger charge is 2.40. The molecule has 1 fully saturated rings. The Labute approximate surface area is 245 Å². The number of nitrogens with zero attached hydrogens (tertiary/aromatic N) is 5. The van der Waals surface area contributed by atoms with Crippen molar-refractivity contribution in [2.45, 2.75) is 32.1 Å². The molecule has 0 radical (unpaired) electrons. The lowest BCUT2D eigenvalue weighted by Crippen LogP contribution is -2.55. The van der Waals surface area contributed by atoms with Crippen LogP contribution in [0.15, 0.2) is 48.7 Å². The van der Waals surface area contributed by atoms with E-state index in [4.69, 9.17) is 9.47 Å². The second kappa shape index (κ2) is 11.8. The van der Waals surface area contributed by atoms with E-state index < -0.39 is 35.7 Å². The standard InChI is InChI=1S/C30H31F4N5O4/c1-17-15-37(25(16-40)20-11-21(31)13-23(12-20)43-4)9-10-38(17)29(41)24-14-35-39-27(30(32,33)34)18(2)26(36-28(24)39)19-5-7-22(42-3)8-6-19/h5-8,11-14,17,25,40H,9-10,15-16H2,1-4H3/t17-,25?/m1/s1. The van der Waals surface area contributed by atoms with Crippen molar-refractivity contribution in [3.05, 3.63) is 76.9 Å². The molecule has 4 aromatic rings. The molecule has 1 aliphatic heterocycles. The third-order valence-corrected chi connectivity index (χ3v) is 7.79. The number of rotatable bonds is 7. The Morgan fingerprint density at radius 3 is 2.40 bits per heavy atom. The molecule has 2 aromatic carbocycles. The van der Waals surface area contributed by atoms with Crippen molar-refractivity contribution in [1.82, 2.24) is 24.4 Å². The van der Waals surface area contributed by atoms with Crippen molar-refractivity contribution in [3.63, 3.8) is 0 Å². The molecule has 1 unspecified atom stereocenters. The van der Waals surface area contributed by atoms with Gasteiger partial charge in [0, 0.05) is 42.9 Å². The molecule has 1 amide bonds. The highest BCUT2D eigenvalue weighted by Crippen LogP contribution is 2.37. The predicted molar refractivity (Wildman–Crippen MR) is 150 cm³/mol. The molecule has 0 bridgehead atoms. The fourth-order valence-electron chi connectivity index (χ4n) is 5.64. The summed E-state index contributed by atoms with van der Waals surface area (Å²) >= 11 is 0. The van der Waals surface area contributed by atoms with E-state index in [1.807, 2.05) is 4.90 Å². The van der Waals surface area contributed by atoms with Gasteiger partial charge >= 0.3 is 6.18 Å². The number of ether oxygens (including phenoxy) is 2. The van der Waals surface area contributed by atoms with Crippen LogP contribution in [0.5, 0.6) is 11.5 Å². The lowest BCUT2D eigenvalue weighted by molar-refractivity contribution is -0.143. The second-order valence-corrected chi connectivity index (χ2v) is 10.4. The number of amides is 1. The summed E-state index contributed by atoms with van der Waals surface area (Å²) in [5.74, 6) is -0.164. The summed E-state index contributed by atoms with van der Waals surface area (Å²) in [7, 11) is 2.91. The number of carbonyl (C=O) groups is 1. The lowest BCUT2D eigenvalue weighted by Gasteiger charge is -2.43. The van der Waals surface area contributed by atoms with E-state index in [1.165, 1.54) is 33.3 Å². The number of alkyl halides is 3. The van der Waals surface area contributed by atoms with E-state index in [1.54, 1.807) is 42.2 Å². The Bertz CT molecular complexity index is 1640. The minimum atomic E-state index is -4.77. The first kappa shape index (κ1) is 30.2. The summed E-state index contributed by atoms with van der Waals surface area (Å²) in [6, 6.07) is 9.74. The summed E-state index contributed by atoms with van der Waals surface area (Å²) in [5.41, 5.74) is -0.380. The van der Waals surface area contributed by atoms with Crippen molar-refractivity contribution in [2.75, 3.05) is 40.5 Å². The van der Waals surface area contributed by atoms with Crippen LogP contribution in [-0.2, 0) is 6.18 Å². The zero-order chi connectivity index (χ0) is 31.1. The van der Waals surface area contributed by atoms with Gasteiger partial charge in [-0.1, -0.05) is 0 Å². The highest BCUT2D eigenvalue weighted by atomic mass is 19.4. The Balaban J connectivity index is 1.47. The van der Waals surface area contributed by atoms with Crippen molar-refractivity contribution >= 4 is 11.6 Å². The van der Waals surface area contributed by atoms with Crippen LogP contribution in [0.1, 0.15) is 40.1 Å².